The molecule has 1 rings (SSSR count). The molecule has 0 fully saturated rings. The topological polar surface area (TPSA) is 61.0 Å². The molecular weight excluding hydrogens is 214 g/mol. The summed E-state index contributed by atoms with van der Waals surface area (Å²) in [5, 5.41) is 0.534. The van der Waals surface area contributed by atoms with Gasteiger partial charge in [0, 0.05) is 12.0 Å². The Morgan fingerprint density at radius 1 is 1.60 bits per heavy atom. The minimum absolute atomic E-state index is 0.0436. The molecule has 0 saturated heterocycles. The highest BCUT2D eigenvalue weighted by molar-refractivity contribution is 6.31. The number of rotatable bonds is 4. The van der Waals surface area contributed by atoms with E-state index in [4.69, 9.17) is 22.1 Å². The van der Waals surface area contributed by atoms with Gasteiger partial charge >= 0.3 is 6.01 Å². The van der Waals surface area contributed by atoms with Crippen molar-refractivity contribution in [3.05, 3.63) is 16.9 Å². The van der Waals surface area contributed by atoms with Gasteiger partial charge in [0.15, 0.2) is 0 Å². The van der Waals surface area contributed by atoms with Crippen LogP contribution in [0.5, 0.6) is 6.01 Å². The molecule has 1 aromatic heterocycles. The molecule has 2 N–H and O–H groups in total. The van der Waals surface area contributed by atoms with Crippen molar-refractivity contribution < 1.29 is 4.74 Å². The van der Waals surface area contributed by atoms with Gasteiger partial charge in [0.2, 0.25) is 0 Å². The van der Waals surface area contributed by atoms with E-state index in [0.717, 1.165) is 12.1 Å². The van der Waals surface area contributed by atoms with E-state index in [1.807, 2.05) is 13.8 Å². The molecule has 2 atom stereocenters. The quantitative estimate of drug-likeness (QED) is 0.858. The van der Waals surface area contributed by atoms with E-state index in [-0.39, 0.29) is 12.0 Å². The molecule has 5 heteroatoms. The second-order valence-electron chi connectivity index (χ2n) is 3.45. The first kappa shape index (κ1) is 12.2. The first-order valence-corrected chi connectivity index (χ1v) is 5.30. The lowest BCUT2D eigenvalue weighted by Gasteiger charge is -2.18. The van der Waals surface area contributed by atoms with Crippen molar-refractivity contribution in [2.24, 2.45) is 5.73 Å². The van der Waals surface area contributed by atoms with E-state index in [9.17, 15) is 0 Å². The van der Waals surface area contributed by atoms with Crippen molar-refractivity contribution in [2.75, 3.05) is 7.11 Å². The number of nitrogens with two attached hydrogens (primary N) is 1. The van der Waals surface area contributed by atoms with Crippen LogP contribution in [0.4, 0.5) is 0 Å². The number of methoxy groups -OCH3 is 1. The van der Waals surface area contributed by atoms with Crippen molar-refractivity contribution in [1.29, 1.82) is 0 Å². The van der Waals surface area contributed by atoms with Crippen LogP contribution in [0.15, 0.2) is 6.20 Å². The van der Waals surface area contributed by atoms with Crippen LogP contribution in [0.3, 0.4) is 0 Å². The van der Waals surface area contributed by atoms with E-state index >= 15 is 0 Å². The average Bonchev–Trinajstić information content (AvgIpc) is 2.27. The SMILES string of the molecule is CCC(N)C(C)c1nc(OC)ncc1Cl. The van der Waals surface area contributed by atoms with Crippen LogP contribution >= 0.6 is 11.6 Å². The van der Waals surface area contributed by atoms with Gasteiger partial charge in [-0.1, -0.05) is 25.4 Å². The normalized spacial score (nSPS) is 14.7. The van der Waals surface area contributed by atoms with E-state index in [2.05, 4.69) is 9.97 Å². The molecule has 2 unspecified atom stereocenters. The molecule has 0 bridgehead atoms. The first-order valence-electron chi connectivity index (χ1n) is 4.92. The Balaban J connectivity index is 3.01. The lowest BCUT2D eigenvalue weighted by atomic mass is 9.97. The Morgan fingerprint density at radius 2 is 2.27 bits per heavy atom. The van der Waals surface area contributed by atoms with Crippen molar-refractivity contribution >= 4 is 11.6 Å². The summed E-state index contributed by atoms with van der Waals surface area (Å²) in [6, 6.07) is 0.367. The van der Waals surface area contributed by atoms with Crippen LogP contribution in [-0.4, -0.2) is 23.1 Å². The minimum atomic E-state index is 0.0436. The van der Waals surface area contributed by atoms with Gasteiger partial charge in [-0.25, -0.2) is 4.98 Å². The van der Waals surface area contributed by atoms with Crippen LogP contribution in [0, 0.1) is 0 Å². The molecule has 0 aliphatic rings. The summed E-state index contributed by atoms with van der Waals surface area (Å²) in [4.78, 5) is 8.13. The largest absolute Gasteiger partial charge is 0.467 e. The van der Waals surface area contributed by atoms with Crippen molar-refractivity contribution in [2.45, 2.75) is 32.2 Å². The molecular formula is C10H16ClN3O. The van der Waals surface area contributed by atoms with Gasteiger partial charge in [-0.3, -0.25) is 0 Å². The number of hydrogen-bond acceptors (Lipinski definition) is 4. The van der Waals surface area contributed by atoms with Gasteiger partial charge in [-0.15, -0.1) is 0 Å². The molecule has 0 saturated carbocycles. The van der Waals surface area contributed by atoms with E-state index < -0.39 is 0 Å². The molecule has 0 aromatic carbocycles. The van der Waals surface area contributed by atoms with E-state index in [1.165, 1.54) is 7.11 Å². The Kier molecular flexibility index (Phi) is 4.29. The fraction of sp³-hybridized carbons (Fsp3) is 0.600. The maximum absolute atomic E-state index is 6.01. The highest BCUT2D eigenvalue weighted by Crippen LogP contribution is 2.26. The summed E-state index contributed by atoms with van der Waals surface area (Å²) < 4.78 is 4.95. The van der Waals surface area contributed by atoms with Crippen molar-refractivity contribution in [1.82, 2.24) is 9.97 Å². The summed E-state index contributed by atoms with van der Waals surface area (Å²) in [6.07, 6.45) is 2.42. The third-order valence-corrected chi connectivity index (χ3v) is 2.77. The minimum Gasteiger partial charge on any atom is -0.467 e. The molecule has 0 aliphatic carbocycles. The van der Waals surface area contributed by atoms with Gasteiger partial charge in [0.1, 0.15) is 0 Å². The predicted molar refractivity (Wildman–Crippen MR) is 60.3 cm³/mol. The highest BCUT2D eigenvalue weighted by Gasteiger charge is 2.18. The van der Waals surface area contributed by atoms with Gasteiger partial charge in [-0.2, -0.15) is 4.98 Å². The Morgan fingerprint density at radius 3 is 2.80 bits per heavy atom. The zero-order chi connectivity index (χ0) is 11.4. The molecule has 1 heterocycles. The van der Waals surface area contributed by atoms with Crippen molar-refractivity contribution in [3.8, 4) is 6.01 Å². The smallest absolute Gasteiger partial charge is 0.316 e. The summed E-state index contributed by atoms with van der Waals surface area (Å²) >= 11 is 6.01. The Hall–Kier alpha value is -0.870. The Labute approximate surface area is 94.8 Å². The van der Waals surface area contributed by atoms with Gasteiger partial charge in [-0.05, 0) is 6.42 Å². The second-order valence-corrected chi connectivity index (χ2v) is 3.86. The second kappa shape index (κ2) is 5.28. The lowest BCUT2D eigenvalue weighted by Crippen LogP contribution is -2.26. The summed E-state index contributed by atoms with van der Waals surface area (Å²) in [5.74, 6) is 0.0967. The third kappa shape index (κ3) is 2.79. The fourth-order valence-corrected chi connectivity index (χ4v) is 1.60. The number of ether oxygens (including phenoxy) is 1. The highest BCUT2D eigenvalue weighted by atomic mass is 35.5. The van der Waals surface area contributed by atoms with E-state index in [1.54, 1.807) is 6.20 Å². The summed E-state index contributed by atoms with van der Waals surface area (Å²) in [6.45, 7) is 4.04. The average molecular weight is 230 g/mol. The van der Waals surface area contributed by atoms with Crippen molar-refractivity contribution in [3.63, 3.8) is 0 Å². The molecule has 0 spiro atoms. The monoisotopic (exact) mass is 229 g/mol. The zero-order valence-corrected chi connectivity index (χ0v) is 9.95. The molecule has 0 aliphatic heterocycles. The maximum Gasteiger partial charge on any atom is 0.316 e. The van der Waals surface area contributed by atoms with Crippen LogP contribution in [-0.2, 0) is 0 Å². The zero-order valence-electron chi connectivity index (χ0n) is 9.20. The molecule has 15 heavy (non-hydrogen) atoms. The molecule has 4 nitrogen and oxygen atoms in total. The summed E-state index contributed by atoms with van der Waals surface area (Å²) in [5.41, 5.74) is 6.70. The van der Waals surface area contributed by atoms with E-state index in [0.29, 0.717) is 11.0 Å². The summed E-state index contributed by atoms with van der Waals surface area (Å²) in [7, 11) is 1.53. The van der Waals surface area contributed by atoms with Crippen LogP contribution in [0.25, 0.3) is 0 Å². The molecule has 0 amide bonds. The van der Waals surface area contributed by atoms with Gasteiger partial charge < -0.3 is 10.5 Å². The predicted octanol–water partition coefficient (Wildman–Crippen LogP) is 1.98. The molecule has 84 valence electrons. The fourth-order valence-electron chi connectivity index (χ4n) is 1.34. The third-order valence-electron chi connectivity index (χ3n) is 2.48. The first-order chi connectivity index (χ1) is 7.10. The van der Waals surface area contributed by atoms with Crippen LogP contribution in [0.2, 0.25) is 5.02 Å². The van der Waals surface area contributed by atoms with Gasteiger partial charge in [0.25, 0.3) is 0 Å². The number of nitrogens with zero attached hydrogens (tertiary/aromatic N) is 2. The van der Waals surface area contributed by atoms with Crippen LogP contribution in [0.1, 0.15) is 31.9 Å². The van der Waals surface area contributed by atoms with Gasteiger partial charge in [0.05, 0.1) is 24.0 Å². The van der Waals surface area contributed by atoms with Crippen LogP contribution < -0.4 is 10.5 Å². The Bertz CT molecular complexity index is 332. The standard InChI is InChI=1S/C10H16ClN3O/c1-4-8(12)6(2)9-7(11)5-13-10(14-9)15-3/h5-6,8H,4,12H2,1-3H3. The maximum atomic E-state index is 6.01. The molecule has 1 aromatic rings. The molecule has 0 radical (unpaired) electrons. The number of aromatic nitrogens is 2. The number of halogens is 1. The lowest BCUT2D eigenvalue weighted by molar-refractivity contribution is 0.375. The number of hydrogen-bond donors (Lipinski definition) is 1.